The number of alkyl carbamates (subject to hydrolysis) is 1. The van der Waals surface area contributed by atoms with E-state index in [0.717, 1.165) is 12.0 Å². The lowest BCUT2D eigenvalue weighted by molar-refractivity contribution is 0.0507. The molecule has 1 aromatic rings. The molecule has 0 saturated heterocycles. The highest BCUT2D eigenvalue weighted by molar-refractivity contribution is 5.68. The number of nitrogens with one attached hydrogen (secondary N) is 2. The minimum Gasteiger partial charge on any atom is -0.444 e. The third-order valence-electron chi connectivity index (χ3n) is 3.09. The fraction of sp³-hybridized carbons (Fsp3) is 0.588. The van der Waals surface area contributed by atoms with E-state index in [-0.39, 0.29) is 17.9 Å². The number of carbonyl (C=O) groups excluding carboxylic acids is 1. The molecule has 0 aliphatic heterocycles. The minimum atomic E-state index is -0.509. The lowest BCUT2D eigenvalue weighted by atomic mass is 10.0. The number of ether oxygens (including phenoxy) is 1. The van der Waals surface area contributed by atoms with E-state index in [1.54, 1.807) is 6.07 Å². The fourth-order valence-electron chi connectivity index (χ4n) is 2.10. The number of rotatable bonds is 6. The van der Waals surface area contributed by atoms with Crippen LogP contribution < -0.4 is 10.6 Å². The predicted molar refractivity (Wildman–Crippen MR) is 86.3 cm³/mol. The van der Waals surface area contributed by atoms with Crippen molar-refractivity contribution in [1.29, 1.82) is 0 Å². The molecular weight excluding hydrogens is 283 g/mol. The van der Waals surface area contributed by atoms with Crippen molar-refractivity contribution in [2.75, 3.05) is 6.54 Å². The second-order valence-corrected chi connectivity index (χ2v) is 6.47. The first-order valence-electron chi connectivity index (χ1n) is 7.69. The van der Waals surface area contributed by atoms with Gasteiger partial charge in [0.25, 0.3) is 0 Å². The van der Waals surface area contributed by atoms with Gasteiger partial charge in [-0.05, 0) is 51.8 Å². The molecule has 0 spiro atoms. The number of amides is 1. The Labute approximate surface area is 132 Å². The van der Waals surface area contributed by atoms with Gasteiger partial charge in [0.15, 0.2) is 0 Å². The first kappa shape index (κ1) is 18.4. The topological polar surface area (TPSA) is 50.4 Å². The van der Waals surface area contributed by atoms with Crippen LogP contribution in [0.15, 0.2) is 24.3 Å². The number of hydrogen-bond donors (Lipinski definition) is 2. The molecule has 0 aromatic heterocycles. The molecule has 1 rings (SSSR count). The van der Waals surface area contributed by atoms with Crippen molar-refractivity contribution in [1.82, 2.24) is 10.6 Å². The lowest BCUT2D eigenvalue weighted by Crippen LogP contribution is -2.43. The van der Waals surface area contributed by atoms with E-state index in [9.17, 15) is 9.18 Å². The average Bonchev–Trinajstić information content (AvgIpc) is 2.37. The molecule has 0 saturated carbocycles. The van der Waals surface area contributed by atoms with Crippen LogP contribution >= 0.6 is 0 Å². The van der Waals surface area contributed by atoms with Gasteiger partial charge >= 0.3 is 6.09 Å². The van der Waals surface area contributed by atoms with Gasteiger partial charge in [0, 0.05) is 18.6 Å². The van der Waals surface area contributed by atoms with Crippen LogP contribution in [-0.2, 0) is 4.74 Å². The van der Waals surface area contributed by atoms with E-state index in [1.165, 1.54) is 12.1 Å². The molecule has 1 aromatic carbocycles. The number of carbonyl (C=O) groups is 1. The molecule has 0 aliphatic rings. The van der Waals surface area contributed by atoms with E-state index < -0.39 is 11.7 Å². The van der Waals surface area contributed by atoms with Gasteiger partial charge in [-0.1, -0.05) is 19.1 Å². The summed E-state index contributed by atoms with van der Waals surface area (Å²) in [6.45, 7) is 9.99. The van der Waals surface area contributed by atoms with Crippen molar-refractivity contribution in [3.63, 3.8) is 0 Å². The Morgan fingerprint density at radius 3 is 2.59 bits per heavy atom. The Morgan fingerprint density at radius 1 is 1.36 bits per heavy atom. The Balaban J connectivity index is 2.48. The third-order valence-corrected chi connectivity index (χ3v) is 3.09. The molecule has 22 heavy (non-hydrogen) atoms. The van der Waals surface area contributed by atoms with E-state index in [2.05, 4.69) is 10.6 Å². The molecule has 124 valence electrons. The first-order chi connectivity index (χ1) is 10.2. The second-order valence-electron chi connectivity index (χ2n) is 6.47. The molecule has 2 N–H and O–H groups in total. The van der Waals surface area contributed by atoms with Gasteiger partial charge in [0.1, 0.15) is 11.4 Å². The molecule has 2 atom stereocenters. The summed E-state index contributed by atoms with van der Waals surface area (Å²) >= 11 is 0. The maximum Gasteiger partial charge on any atom is 0.407 e. The fourth-order valence-corrected chi connectivity index (χ4v) is 2.10. The smallest absolute Gasteiger partial charge is 0.407 e. The molecular formula is C17H27FN2O2. The number of halogens is 1. The summed E-state index contributed by atoms with van der Waals surface area (Å²) in [4.78, 5) is 11.7. The maximum atomic E-state index is 13.3. The SMILES string of the molecule is CCC(NCC(C)NC(=O)OC(C)(C)C)c1cccc(F)c1. The normalized spacial score (nSPS) is 14.3. The molecule has 0 aliphatic carbocycles. The molecule has 0 fully saturated rings. The van der Waals surface area contributed by atoms with Gasteiger partial charge in [-0.3, -0.25) is 0 Å². The molecule has 4 nitrogen and oxygen atoms in total. The molecule has 0 radical (unpaired) electrons. The Hall–Kier alpha value is -1.62. The van der Waals surface area contributed by atoms with Crippen LogP contribution in [0.2, 0.25) is 0 Å². The standard InChI is InChI=1S/C17H27FN2O2/c1-6-15(13-8-7-9-14(18)10-13)19-11-12(2)20-16(21)22-17(3,4)5/h7-10,12,15,19H,6,11H2,1-5H3,(H,20,21). The van der Waals surface area contributed by atoms with Gasteiger partial charge in [-0.15, -0.1) is 0 Å². The highest BCUT2D eigenvalue weighted by atomic mass is 19.1. The lowest BCUT2D eigenvalue weighted by Gasteiger charge is -2.24. The zero-order chi connectivity index (χ0) is 16.8. The zero-order valence-electron chi connectivity index (χ0n) is 14.1. The monoisotopic (exact) mass is 310 g/mol. The number of benzene rings is 1. The van der Waals surface area contributed by atoms with Crippen LogP contribution in [0.5, 0.6) is 0 Å². The summed E-state index contributed by atoms with van der Waals surface area (Å²) in [6.07, 6.45) is 0.406. The molecule has 1 amide bonds. The molecule has 0 heterocycles. The van der Waals surface area contributed by atoms with Crippen LogP contribution in [0.4, 0.5) is 9.18 Å². The van der Waals surface area contributed by atoms with E-state index in [1.807, 2.05) is 40.7 Å². The van der Waals surface area contributed by atoms with Crippen molar-refractivity contribution in [3.8, 4) is 0 Å². The Kier molecular flexibility index (Phi) is 6.81. The van der Waals surface area contributed by atoms with Gasteiger partial charge in [0.2, 0.25) is 0 Å². The van der Waals surface area contributed by atoms with Crippen LogP contribution in [-0.4, -0.2) is 24.3 Å². The summed E-state index contributed by atoms with van der Waals surface area (Å²) < 4.78 is 18.5. The van der Waals surface area contributed by atoms with Gasteiger partial charge in [0.05, 0.1) is 0 Å². The van der Waals surface area contributed by atoms with Gasteiger partial charge in [-0.2, -0.15) is 0 Å². The summed E-state index contributed by atoms with van der Waals surface area (Å²) in [6, 6.07) is 6.54. The third kappa shape index (κ3) is 6.89. The molecule has 2 unspecified atom stereocenters. The zero-order valence-corrected chi connectivity index (χ0v) is 14.1. The van der Waals surface area contributed by atoms with Crippen molar-refractivity contribution < 1.29 is 13.9 Å². The van der Waals surface area contributed by atoms with Crippen LogP contribution in [0, 0.1) is 5.82 Å². The van der Waals surface area contributed by atoms with Crippen molar-refractivity contribution in [3.05, 3.63) is 35.6 Å². The highest BCUT2D eigenvalue weighted by Crippen LogP contribution is 2.17. The van der Waals surface area contributed by atoms with Crippen molar-refractivity contribution in [2.24, 2.45) is 0 Å². The summed E-state index contributed by atoms with van der Waals surface area (Å²) in [5, 5.41) is 6.12. The summed E-state index contributed by atoms with van der Waals surface area (Å²) in [5.74, 6) is -0.238. The largest absolute Gasteiger partial charge is 0.444 e. The van der Waals surface area contributed by atoms with Crippen LogP contribution in [0.25, 0.3) is 0 Å². The summed E-state index contributed by atoms with van der Waals surface area (Å²) in [5.41, 5.74) is 0.400. The first-order valence-corrected chi connectivity index (χ1v) is 7.69. The molecule has 0 bridgehead atoms. The summed E-state index contributed by atoms with van der Waals surface area (Å²) in [7, 11) is 0. The quantitative estimate of drug-likeness (QED) is 0.840. The Morgan fingerprint density at radius 2 is 2.05 bits per heavy atom. The van der Waals surface area contributed by atoms with Crippen molar-refractivity contribution in [2.45, 2.75) is 58.7 Å². The Bertz CT molecular complexity index is 486. The second kappa shape index (κ2) is 8.13. The van der Waals surface area contributed by atoms with Gasteiger partial charge < -0.3 is 15.4 Å². The van der Waals surface area contributed by atoms with E-state index in [4.69, 9.17) is 4.74 Å². The predicted octanol–water partition coefficient (Wildman–Crippen LogP) is 3.78. The maximum absolute atomic E-state index is 13.3. The van der Waals surface area contributed by atoms with Crippen LogP contribution in [0.3, 0.4) is 0 Å². The van der Waals surface area contributed by atoms with Crippen LogP contribution in [0.1, 0.15) is 52.6 Å². The average molecular weight is 310 g/mol. The van der Waals surface area contributed by atoms with Crippen molar-refractivity contribution >= 4 is 6.09 Å². The van der Waals surface area contributed by atoms with E-state index >= 15 is 0 Å². The minimum absolute atomic E-state index is 0.0542. The number of hydrogen-bond acceptors (Lipinski definition) is 3. The van der Waals surface area contributed by atoms with Gasteiger partial charge in [-0.25, -0.2) is 9.18 Å². The molecule has 5 heteroatoms. The highest BCUT2D eigenvalue weighted by Gasteiger charge is 2.18. The van der Waals surface area contributed by atoms with E-state index in [0.29, 0.717) is 6.54 Å².